The van der Waals surface area contributed by atoms with Gasteiger partial charge in [0.2, 0.25) is 0 Å². The van der Waals surface area contributed by atoms with E-state index in [1.54, 1.807) is 12.1 Å². The zero-order valence-electron chi connectivity index (χ0n) is 21.8. The minimum Gasteiger partial charge on any atom is -0.455 e. The Bertz CT molecular complexity index is 1150. The number of likely N-dealkylation sites (tertiary alicyclic amines) is 1. The van der Waals surface area contributed by atoms with E-state index < -0.39 is 11.7 Å². The quantitative estimate of drug-likeness (QED) is 0.290. The average Bonchev–Trinajstić information content (AvgIpc) is 3.36. The zero-order chi connectivity index (χ0) is 27.0. The van der Waals surface area contributed by atoms with Gasteiger partial charge >= 0.3 is 6.18 Å². The van der Waals surface area contributed by atoms with Gasteiger partial charge in [-0.15, -0.1) is 0 Å². The first-order chi connectivity index (χ1) is 18.3. The lowest BCUT2D eigenvalue weighted by atomic mass is 10.0. The summed E-state index contributed by atoms with van der Waals surface area (Å²) in [5, 5.41) is 2.95. The second kappa shape index (κ2) is 13.1. The fourth-order valence-corrected chi connectivity index (χ4v) is 4.93. The third kappa shape index (κ3) is 8.20. The van der Waals surface area contributed by atoms with E-state index in [1.807, 2.05) is 30.3 Å². The van der Waals surface area contributed by atoms with Crippen LogP contribution in [-0.2, 0) is 25.8 Å². The van der Waals surface area contributed by atoms with Crippen molar-refractivity contribution in [2.24, 2.45) is 0 Å². The molecule has 1 fully saturated rings. The first-order valence-electron chi connectivity index (χ1n) is 13.3. The van der Waals surface area contributed by atoms with E-state index in [1.165, 1.54) is 31.4 Å². The summed E-state index contributed by atoms with van der Waals surface area (Å²) in [6, 6.07) is 19.2. The summed E-state index contributed by atoms with van der Waals surface area (Å²) in [5.41, 5.74) is 1.18. The molecule has 4 rings (SSSR count). The van der Waals surface area contributed by atoms with Crippen LogP contribution in [0.2, 0.25) is 0 Å². The molecule has 204 valence electrons. The van der Waals surface area contributed by atoms with Crippen molar-refractivity contribution < 1.29 is 22.4 Å². The standard InChI is InChI=1S/C30H36F3N3O2/c1-23-8-5-6-18-36(23)19-7-17-34-29(37)28-16-15-27(38-28)22-35(20-24-9-3-2-4-10-24)21-25-11-13-26(14-12-25)30(31,32)33/h2-4,9-16,23H,5-8,17-22H2,1H3,(H,34,37). The van der Waals surface area contributed by atoms with Gasteiger partial charge < -0.3 is 14.6 Å². The second-order valence-electron chi connectivity index (χ2n) is 10.1. The third-order valence-electron chi connectivity index (χ3n) is 7.05. The van der Waals surface area contributed by atoms with E-state index in [9.17, 15) is 18.0 Å². The Labute approximate surface area is 222 Å². The number of nitrogens with one attached hydrogen (secondary N) is 1. The van der Waals surface area contributed by atoms with E-state index in [0.29, 0.717) is 38.0 Å². The number of hydrogen-bond donors (Lipinski definition) is 1. The zero-order valence-corrected chi connectivity index (χ0v) is 21.8. The van der Waals surface area contributed by atoms with Gasteiger partial charge in [0.05, 0.1) is 12.1 Å². The number of halogens is 3. The van der Waals surface area contributed by atoms with Gasteiger partial charge in [0.25, 0.3) is 5.91 Å². The van der Waals surface area contributed by atoms with Crippen molar-refractivity contribution in [2.75, 3.05) is 19.6 Å². The molecule has 3 aromatic rings. The molecule has 1 N–H and O–H groups in total. The highest BCUT2D eigenvalue weighted by Gasteiger charge is 2.30. The maximum Gasteiger partial charge on any atom is 0.416 e. The minimum absolute atomic E-state index is 0.236. The number of furan rings is 1. The number of amides is 1. The monoisotopic (exact) mass is 527 g/mol. The van der Waals surface area contributed by atoms with Crippen LogP contribution >= 0.6 is 0 Å². The summed E-state index contributed by atoms with van der Waals surface area (Å²) in [6.07, 6.45) is 0.303. The van der Waals surface area contributed by atoms with Crippen LogP contribution in [0.4, 0.5) is 13.2 Å². The van der Waals surface area contributed by atoms with Gasteiger partial charge in [0.15, 0.2) is 5.76 Å². The van der Waals surface area contributed by atoms with Crippen LogP contribution in [-0.4, -0.2) is 41.4 Å². The Hall–Kier alpha value is -3.10. The first-order valence-corrected chi connectivity index (χ1v) is 13.3. The predicted octanol–water partition coefficient (Wildman–Crippen LogP) is 6.50. The third-order valence-corrected chi connectivity index (χ3v) is 7.05. The minimum atomic E-state index is -4.36. The molecular formula is C30H36F3N3O2. The number of rotatable bonds is 11. The van der Waals surface area contributed by atoms with Gasteiger partial charge in [-0.3, -0.25) is 9.69 Å². The fourth-order valence-electron chi connectivity index (χ4n) is 4.93. The van der Waals surface area contributed by atoms with Gasteiger partial charge in [-0.2, -0.15) is 13.2 Å². The molecular weight excluding hydrogens is 491 g/mol. The molecule has 0 saturated carbocycles. The molecule has 0 radical (unpaired) electrons. The average molecular weight is 528 g/mol. The lowest BCUT2D eigenvalue weighted by Crippen LogP contribution is -2.39. The first kappa shape index (κ1) is 27.9. The molecule has 8 heteroatoms. The maximum absolute atomic E-state index is 13.0. The Morgan fingerprint density at radius 2 is 1.68 bits per heavy atom. The topological polar surface area (TPSA) is 48.7 Å². The fraction of sp³-hybridized carbons (Fsp3) is 0.433. The summed E-state index contributed by atoms with van der Waals surface area (Å²) < 4.78 is 44.8. The summed E-state index contributed by atoms with van der Waals surface area (Å²) in [7, 11) is 0. The van der Waals surface area contributed by atoms with Gasteiger partial charge in [-0.25, -0.2) is 0 Å². The van der Waals surface area contributed by atoms with Crippen LogP contribution in [0.3, 0.4) is 0 Å². The summed E-state index contributed by atoms with van der Waals surface area (Å²) in [4.78, 5) is 17.2. The van der Waals surface area contributed by atoms with Crippen LogP contribution in [0.15, 0.2) is 71.1 Å². The van der Waals surface area contributed by atoms with Crippen LogP contribution in [0.1, 0.15) is 65.6 Å². The van der Waals surface area contributed by atoms with Crippen molar-refractivity contribution >= 4 is 5.91 Å². The van der Waals surface area contributed by atoms with Crippen molar-refractivity contribution in [3.63, 3.8) is 0 Å². The van der Waals surface area contributed by atoms with Crippen molar-refractivity contribution in [3.05, 3.63) is 94.9 Å². The lowest BCUT2D eigenvalue weighted by Gasteiger charge is -2.33. The molecule has 38 heavy (non-hydrogen) atoms. The molecule has 1 aliphatic heterocycles. The number of piperidine rings is 1. The molecule has 1 aromatic heterocycles. The molecule has 1 unspecified atom stereocenters. The highest BCUT2D eigenvalue weighted by molar-refractivity contribution is 5.91. The van der Waals surface area contributed by atoms with E-state index in [-0.39, 0.29) is 11.7 Å². The molecule has 2 heterocycles. The number of carbonyl (C=O) groups excluding carboxylic acids is 1. The summed E-state index contributed by atoms with van der Waals surface area (Å²) >= 11 is 0. The van der Waals surface area contributed by atoms with E-state index in [2.05, 4.69) is 22.0 Å². The molecule has 1 atom stereocenters. The summed E-state index contributed by atoms with van der Waals surface area (Å²) in [6.45, 7) is 6.39. The van der Waals surface area contributed by atoms with Crippen LogP contribution < -0.4 is 5.32 Å². The number of hydrogen-bond acceptors (Lipinski definition) is 4. The normalized spacial score (nSPS) is 16.6. The Morgan fingerprint density at radius 3 is 2.37 bits per heavy atom. The molecule has 2 aromatic carbocycles. The molecule has 0 spiro atoms. The van der Waals surface area contributed by atoms with Crippen LogP contribution in [0, 0.1) is 0 Å². The van der Waals surface area contributed by atoms with Gasteiger partial charge in [0, 0.05) is 32.2 Å². The maximum atomic E-state index is 13.0. The van der Waals surface area contributed by atoms with Gasteiger partial charge in [-0.05, 0) is 68.1 Å². The highest BCUT2D eigenvalue weighted by atomic mass is 19.4. The number of nitrogens with zero attached hydrogens (tertiary/aromatic N) is 2. The van der Waals surface area contributed by atoms with Crippen molar-refractivity contribution in [2.45, 2.75) is 64.5 Å². The largest absolute Gasteiger partial charge is 0.455 e. The van der Waals surface area contributed by atoms with Crippen LogP contribution in [0.25, 0.3) is 0 Å². The molecule has 0 aliphatic carbocycles. The number of alkyl halides is 3. The number of carbonyl (C=O) groups is 1. The van der Waals surface area contributed by atoms with Crippen molar-refractivity contribution in [1.29, 1.82) is 0 Å². The summed E-state index contributed by atoms with van der Waals surface area (Å²) in [5.74, 6) is 0.654. The predicted molar refractivity (Wildman–Crippen MR) is 141 cm³/mol. The van der Waals surface area contributed by atoms with Crippen molar-refractivity contribution in [1.82, 2.24) is 15.1 Å². The lowest BCUT2D eigenvalue weighted by molar-refractivity contribution is -0.137. The van der Waals surface area contributed by atoms with Crippen LogP contribution in [0.5, 0.6) is 0 Å². The van der Waals surface area contributed by atoms with Crippen molar-refractivity contribution in [3.8, 4) is 0 Å². The Morgan fingerprint density at radius 1 is 0.974 bits per heavy atom. The molecule has 5 nitrogen and oxygen atoms in total. The highest BCUT2D eigenvalue weighted by Crippen LogP contribution is 2.29. The SMILES string of the molecule is CC1CCCCN1CCCNC(=O)c1ccc(CN(Cc2ccccc2)Cc2ccc(C(F)(F)F)cc2)o1. The second-order valence-corrected chi connectivity index (χ2v) is 10.1. The van der Waals surface area contributed by atoms with E-state index >= 15 is 0 Å². The number of benzene rings is 2. The molecule has 0 bridgehead atoms. The molecule has 1 saturated heterocycles. The smallest absolute Gasteiger partial charge is 0.416 e. The Balaban J connectivity index is 1.34. The molecule has 1 aliphatic rings. The Kier molecular flexibility index (Phi) is 9.63. The molecule has 1 amide bonds. The van der Waals surface area contributed by atoms with Gasteiger partial charge in [0.1, 0.15) is 5.76 Å². The van der Waals surface area contributed by atoms with E-state index in [0.717, 1.165) is 42.8 Å². The van der Waals surface area contributed by atoms with Gasteiger partial charge in [-0.1, -0.05) is 48.9 Å². The van der Waals surface area contributed by atoms with E-state index in [4.69, 9.17) is 4.42 Å².